The second-order valence-corrected chi connectivity index (χ2v) is 4.36. The molecule has 3 aromatic heterocycles. The average molecular weight is 299 g/mol. The van der Waals surface area contributed by atoms with Crippen molar-refractivity contribution < 1.29 is 19.1 Å². The molecule has 0 atom stereocenters. The highest BCUT2D eigenvalue weighted by atomic mass is 16.4. The fourth-order valence-electron chi connectivity index (χ4n) is 1.88. The molecule has 0 saturated heterocycles. The van der Waals surface area contributed by atoms with Crippen molar-refractivity contribution in [2.24, 2.45) is 0 Å². The molecular weight excluding hydrogens is 290 g/mol. The number of anilines is 1. The van der Waals surface area contributed by atoms with E-state index in [1.165, 1.54) is 30.7 Å². The number of rotatable bonds is 3. The first-order valence-corrected chi connectivity index (χ1v) is 6.16. The van der Waals surface area contributed by atoms with E-state index in [0.717, 1.165) is 10.6 Å². The van der Waals surface area contributed by atoms with Crippen molar-refractivity contribution in [2.75, 3.05) is 5.32 Å². The topological polar surface area (TPSA) is 114 Å². The maximum atomic E-state index is 12.3. The van der Waals surface area contributed by atoms with Gasteiger partial charge in [0.15, 0.2) is 5.76 Å². The largest absolute Gasteiger partial charge is 0.478 e. The van der Waals surface area contributed by atoms with Crippen LogP contribution < -0.4 is 10.9 Å². The van der Waals surface area contributed by atoms with Gasteiger partial charge in [-0.25, -0.2) is 9.78 Å². The molecule has 2 N–H and O–H groups in total. The number of nitrogens with one attached hydrogen (secondary N) is 1. The van der Waals surface area contributed by atoms with Gasteiger partial charge in [-0.1, -0.05) is 0 Å². The Morgan fingerprint density at radius 2 is 2.09 bits per heavy atom. The van der Waals surface area contributed by atoms with Crippen molar-refractivity contribution in [2.45, 2.75) is 0 Å². The van der Waals surface area contributed by atoms with E-state index in [-0.39, 0.29) is 22.7 Å². The van der Waals surface area contributed by atoms with E-state index in [1.54, 1.807) is 6.07 Å². The highest BCUT2D eigenvalue weighted by Crippen LogP contribution is 2.07. The molecule has 0 aliphatic heterocycles. The van der Waals surface area contributed by atoms with Gasteiger partial charge < -0.3 is 14.8 Å². The Bertz CT molecular complexity index is 927. The number of carboxylic acids is 1. The van der Waals surface area contributed by atoms with Crippen LogP contribution in [0.25, 0.3) is 5.65 Å². The number of aromatic nitrogens is 2. The van der Waals surface area contributed by atoms with Crippen LogP contribution in [0.1, 0.15) is 20.9 Å². The molecule has 22 heavy (non-hydrogen) atoms. The van der Waals surface area contributed by atoms with Crippen molar-refractivity contribution in [3.63, 3.8) is 0 Å². The normalized spacial score (nSPS) is 10.5. The van der Waals surface area contributed by atoms with E-state index in [4.69, 9.17) is 9.52 Å². The Morgan fingerprint density at radius 1 is 1.27 bits per heavy atom. The van der Waals surface area contributed by atoms with E-state index >= 15 is 0 Å². The second kappa shape index (κ2) is 5.17. The van der Waals surface area contributed by atoms with Crippen molar-refractivity contribution >= 4 is 23.2 Å². The Kier molecular flexibility index (Phi) is 3.18. The second-order valence-electron chi connectivity index (χ2n) is 4.36. The van der Waals surface area contributed by atoms with Gasteiger partial charge in [-0.3, -0.25) is 14.0 Å². The summed E-state index contributed by atoms with van der Waals surface area (Å²) < 4.78 is 5.98. The third-order valence-corrected chi connectivity index (χ3v) is 2.94. The Morgan fingerprint density at radius 3 is 2.77 bits per heavy atom. The van der Waals surface area contributed by atoms with Gasteiger partial charge in [0.25, 0.3) is 11.5 Å². The van der Waals surface area contributed by atoms with Crippen molar-refractivity contribution in [3.05, 3.63) is 64.6 Å². The van der Waals surface area contributed by atoms with Gasteiger partial charge >= 0.3 is 5.97 Å². The van der Waals surface area contributed by atoms with Crippen LogP contribution in [0.3, 0.4) is 0 Å². The lowest BCUT2D eigenvalue weighted by atomic mass is 10.3. The molecule has 0 radical (unpaired) electrons. The third kappa shape index (κ3) is 2.33. The fourth-order valence-corrected chi connectivity index (χ4v) is 1.88. The van der Waals surface area contributed by atoms with Crippen LogP contribution in [0.4, 0.5) is 5.69 Å². The van der Waals surface area contributed by atoms with Crippen molar-refractivity contribution in [1.82, 2.24) is 9.38 Å². The maximum Gasteiger partial charge on any atom is 0.337 e. The molecule has 0 aromatic carbocycles. The van der Waals surface area contributed by atoms with Crippen LogP contribution in [0.15, 0.2) is 52.1 Å². The van der Waals surface area contributed by atoms with Crippen LogP contribution in [0, 0.1) is 0 Å². The predicted octanol–water partition coefficient (Wildman–Crippen LogP) is 1.24. The summed E-state index contributed by atoms with van der Waals surface area (Å²) in [5, 5.41) is 11.3. The molecule has 110 valence electrons. The summed E-state index contributed by atoms with van der Waals surface area (Å²) in [6.45, 7) is 0. The zero-order valence-electron chi connectivity index (χ0n) is 11.0. The number of pyridine rings is 1. The average Bonchev–Trinajstić information content (AvgIpc) is 3.04. The van der Waals surface area contributed by atoms with E-state index in [0.29, 0.717) is 0 Å². The molecule has 8 heteroatoms. The maximum absolute atomic E-state index is 12.3. The number of hydrogen-bond acceptors (Lipinski definition) is 5. The van der Waals surface area contributed by atoms with Crippen LogP contribution in [0.2, 0.25) is 0 Å². The molecule has 8 nitrogen and oxygen atoms in total. The van der Waals surface area contributed by atoms with Gasteiger partial charge in [-0.15, -0.1) is 0 Å². The Hall–Kier alpha value is -3.42. The van der Waals surface area contributed by atoms with E-state index in [2.05, 4.69) is 10.3 Å². The van der Waals surface area contributed by atoms with E-state index < -0.39 is 17.4 Å². The smallest absolute Gasteiger partial charge is 0.337 e. The number of furan rings is 1. The summed E-state index contributed by atoms with van der Waals surface area (Å²) in [6.07, 6.45) is 3.69. The summed E-state index contributed by atoms with van der Waals surface area (Å²) >= 11 is 0. The van der Waals surface area contributed by atoms with Crippen molar-refractivity contribution in [1.29, 1.82) is 0 Å². The lowest BCUT2D eigenvalue weighted by Gasteiger charge is -2.05. The number of nitrogens with zero attached hydrogens (tertiary/aromatic N) is 2. The van der Waals surface area contributed by atoms with Gasteiger partial charge in [0, 0.05) is 6.20 Å². The van der Waals surface area contributed by atoms with E-state index in [9.17, 15) is 14.4 Å². The van der Waals surface area contributed by atoms with Crippen LogP contribution in [0.5, 0.6) is 0 Å². The molecular formula is C14H9N3O5. The fraction of sp³-hybridized carbons (Fsp3) is 0. The SMILES string of the molecule is O=C(O)c1ccc2ncc(NC(=O)c3ccco3)c(=O)n2c1. The summed E-state index contributed by atoms with van der Waals surface area (Å²) in [5.41, 5.74) is -0.466. The minimum Gasteiger partial charge on any atom is -0.478 e. The summed E-state index contributed by atoms with van der Waals surface area (Å²) in [6, 6.07) is 5.73. The Balaban J connectivity index is 2.04. The minimum atomic E-state index is -1.17. The predicted molar refractivity (Wildman–Crippen MR) is 75.1 cm³/mol. The highest BCUT2D eigenvalue weighted by molar-refractivity contribution is 6.02. The zero-order chi connectivity index (χ0) is 15.7. The highest BCUT2D eigenvalue weighted by Gasteiger charge is 2.13. The molecule has 0 spiro atoms. The number of carboxylic acid groups (broad SMARTS) is 1. The number of fused-ring (bicyclic) bond motifs is 1. The van der Waals surface area contributed by atoms with Crippen LogP contribution >= 0.6 is 0 Å². The first-order chi connectivity index (χ1) is 10.6. The summed E-state index contributed by atoms with van der Waals surface area (Å²) in [7, 11) is 0. The first-order valence-electron chi connectivity index (χ1n) is 6.16. The van der Waals surface area contributed by atoms with Crippen LogP contribution in [-0.2, 0) is 0 Å². The zero-order valence-corrected chi connectivity index (χ0v) is 11.0. The van der Waals surface area contributed by atoms with E-state index in [1.807, 2.05) is 0 Å². The molecule has 1 amide bonds. The van der Waals surface area contributed by atoms with Gasteiger partial charge in [-0.05, 0) is 24.3 Å². The van der Waals surface area contributed by atoms with Crippen molar-refractivity contribution in [3.8, 4) is 0 Å². The third-order valence-electron chi connectivity index (χ3n) is 2.94. The number of amides is 1. The number of carbonyl (C=O) groups is 2. The Labute approximate surface area is 122 Å². The molecule has 0 unspecified atom stereocenters. The first kappa shape index (κ1) is 13.6. The molecule has 0 saturated carbocycles. The van der Waals surface area contributed by atoms with Gasteiger partial charge in [0.05, 0.1) is 18.0 Å². The number of aromatic carboxylic acids is 1. The molecule has 0 aliphatic carbocycles. The lowest BCUT2D eigenvalue weighted by Crippen LogP contribution is -2.23. The number of hydrogen-bond donors (Lipinski definition) is 2. The summed E-state index contributed by atoms with van der Waals surface area (Å²) in [4.78, 5) is 39.1. The van der Waals surface area contributed by atoms with Crippen LogP contribution in [-0.4, -0.2) is 26.4 Å². The molecule has 3 aromatic rings. The van der Waals surface area contributed by atoms with Gasteiger partial charge in [-0.2, -0.15) is 0 Å². The molecule has 0 fully saturated rings. The quantitative estimate of drug-likeness (QED) is 0.752. The van der Waals surface area contributed by atoms with Gasteiger partial charge in [0.1, 0.15) is 11.3 Å². The number of carbonyl (C=O) groups excluding carboxylic acids is 1. The lowest BCUT2D eigenvalue weighted by molar-refractivity contribution is 0.0696. The molecule has 3 heterocycles. The molecule has 3 rings (SSSR count). The standard InChI is InChI=1S/C14H9N3O5/c18-12(10-2-1-5-22-10)16-9-6-15-11-4-3-8(14(20)21)7-17(11)13(9)19/h1-7H,(H,16,18)(H,20,21). The molecule has 0 aliphatic rings. The van der Waals surface area contributed by atoms with Gasteiger partial charge in [0.2, 0.25) is 0 Å². The molecule has 0 bridgehead atoms. The summed E-state index contributed by atoms with van der Waals surface area (Å²) in [5.74, 6) is -1.72. The monoisotopic (exact) mass is 299 g/mol. The minimum absolute atomic E-state index is 0.0452.